The van der Waals surface area contributed by atoms with Gasteiger partial charge >= 0.3 is 0 Å². The summed E-state index contributed by atoms with van der Waals surface area (Å²) in [4.78, 5) is 10.4. The maximum absolute atomic E-state index is 10.4. The van der Waals surface area contributed by atoms with Crippen LogP contribution in [0.3, 0.4) is 0 Å². The maximum Gasteiger partial charge on any atom is 0.145 e. The second-order valence-electron chi connectivity index (χ2n) is 4.05. The summed E-state index contributed by atoms with van der Waals surface area (Å²) in [7, 11) is 0. The standard InChI is InChI=1S/C15H20O3/c1-3-4-9-17-14-6-5-7-15(11-14)18-10-8-13(2)12-16/h5-8,11-12H,3-4,9-10H2,1-2H3. The molecule has 0 heterocycles. The van der Waals surface area contributed by atoms with E-state index in [0.29, 0.717) is 12.2 Å². The van der Waals surface area contributed by atoms with Crippen LogP contribution in [0.25, 0.3) is 0 Å². The number of unbranched alkanes of at least 4 members (excludes halogenated alkanes) is 1. The highest BCUT2D eigenvalue weighted by Crippen LogP contribution is 2.19. The van der Waals surface area contributed by atoms with Gasteiger partial charge in [-0.05, 0) is 37.1 Å². The molecule has 0 N–H and O–H groups in total. The molecule has 3 nitrogen and oxygen atoms in total. The summed E-state index contributed by atoms with van der Waals surface area (Å²) in [6, 6.07) is 7.54. The van der Waals surface area contributed by atoms with Crippen LogP contribution >= 0.6 is 0 Å². The number of hydrogen-bond acceptors (Lipinski definition) is 3. The van der Waals surface area contributed by atoms with Crippen LogP contribution in [0.5, 0.6) is 11.5 Å². The van der Waals surface area contributed by atoms with Crippen molar-refractivity contribution in [3.05, 3.63) is 35.9 Å². The molecule has 1 rings (SSSR count). The normalized spacial score (nSPS) is 11.1. The van der Waals surface area contributed by atoms with Crippen molar-refractivity contribution in [2.45, 2.75) is 26.7 Å². The average molecular weight is 248 g/mol. The number of allylic oxidation sites excluding steroid dienone is 1. The summed E-state index contributed by atoms with van der Waals surface area (Å²) < 4.78 is 11.1. The highest BCUT2D eigenvalue weighted by Gasteiger charge is 1.97. The fraction of sp³-hybridized carbons (Fsp3) is 0.400. The summed E-state index contributed by atoms with van der Waals surface area (Å²) in [6.07, 6.45) is 4.73. The van der Waals surface area contributed by atoms with E-state index < -0.39 is 0 Å². The molecule has 0 fully saturated rings. The van der Waals surface area contributed by atoms with E-state index in [9.17, 15) is 4.79 Å². The lowest BCUT2D eigenvalue weighted by molar-refractivity contribution is -0.104. The van der Waals surface area contributed by atoms with Crippen LogP contribution in [0.4, 0.5) is 0 Å². The van der Waals surface area contributed by atoms with Gasteiger partial charge in [-0.25, -0.2) is 0 Å². The average Bonchev–Trinajstić information content (AvgIpc) is 2.39. The minimum atomic E-state index is 0.392. The Morgan fingerprint density at radius 3 is 2.67 bits per heavy atom. The van der Waals surface area contributed by atoms with Gasteiger partial charge in [-0.1, -0.05) is 19.4 Å². The lowest BCUT2D eigenvalue weighted by atomic mass is 10.3. The quantitative estimate of drug-likeness (QED) is 0.402. The van der Waals surface area contributed by atoms with Crippen molar-refractivity contribution in [2.24, 2.45) is 0 Å². The number of ether oxygens (including phenoxy) is 2. The van der Waals surface area contributed by atoms with E-state index in [2.05, 4.69) is 6.92 Å². The number of benzene rings is 1. The van der Waals surface area contributed by atoms with Gasteiger partial charge in [0.1, 0.15) is 24.4 Å². The molecule has 0 bridgehead atoms. The molecule has 18 heavy (non-hydrogen) atoms. The van der Waals surface area contributed by atoms with Crippen molar-refractivity contribution < 1.29 is 14.3 Å². The molecule has 1 aromatic rings. The van der Waals surface area contributed by atoms with Crippen LogP contribution < -0.4 is 9.47 Å². The van der Waals surface area contributed by atoms with Crippen molar-refractivity contribution >= 4 is 6.29 Å². The third kappa shape index (κ3) is 5.53. The van der Waals surface area contributed by atoms with Crippen molar-refractivity contribution in [2.75, 3.05) is 13.2 Å². The molecule has 0 atom stereocenters. The van der Waals surface area contributed by atoms with E-state index in [-0.39, 0.29) is 0 Å². The molecule has 0 aliphatic carbocycles. The first-order chi connectivity index (χ1) is 8.76. The molecule has 3 heteroatoms. The molecule has 0 amide bonds. The molecule has 0 saturated heterocycles. The van der Waals surface area contributed by atoms with Crippen LogP contribution in [-0.2, 0) is 4.79 Å². The number of carbonyl (C=O) groups is 1. The Kier molecular flexibility index (Phi) is 6.62. The third-order valence-corrected chi connectivity index (χ3v) is 2.41. The Hall–Kier alpha value is -1.77. The summed E-state index contributed by atoms with van der Waals surface area (Å²) in [5, 5.41) is 0. The van der Waals surface area contributed by atoms with Gasteiger partial charge in [-0.15, -0.1) is 0 Å². The Balaban J connectivity index is 2.46. The number of hydrogen-bond donors (Lipinski definition) is 0. The molecule has 0 aliphatic rings. The van der Waals surface area contributed by atoms with E-state index >= 15 is 0 Å². The minimum Gasteiger partial charge on any atom is -0.493 e. The molecule has 0 radical (unpaired) electrons. The molecule has 0 aliphatic heterocycles. The summed E-state index contributed by atoms with van der Waals surface area (Å²) in [6.45, 7) is 5.00. The van der Waals surface area contributed by atoms with Crippen molar-refractivity contribution in [1.82, 2.24) is 0 Å². The van der Waals surface area contributed by atoms with Gasteiger partial charge < -0.3 is 9.47 Å². The topological polar surface area (TPSA) is 35.5 Å². The van der Waals surface area contributed by atoms with Crippen LogP contribution in [0.1, 0.15) is 26.7 Å². The Labute approximate surface area is 108 Å². The first-order valence-corrected chi connectivity index (χ1v) is 6.24. The van der Waals surface area contributed by atoms with E-state index in [1.165, 1.54) is 0 Å². The second kappa shape index (κ2) is 8.34. The molecule has 98 valence electrons. The third-order valence-electron chi connectivity index (χ3n) is 2.41. The maximum atomic E-state index is 10.4. The van der Waals surface area contributed by atoms with Gasteiger partial charge in [0.25, 0.3) is 0 Å². The van der Waals surface area contributed by atoms with Crippen LogP contribution in [0.2, 0.25) is 0 Å². The van der Waals surface area contributed by atoms with Crippen LogP contribution in [0, 0.1) is 0 Å². The Morgan fingerprint density at radius 1 is 1.28 bits per heavy atom. The zero-order valence-corrected chi connectivity index (χ0v) is 11.0. The fourth-order valence-electron chi connectivity index (χ4n) is 1.31. The monoisotopic (exact) mass is 248 g/mol. The molecular formula is C15H20O3. The van der Waals surface area contributed by atoms with E-state index in [1.54, 1.807) is 13.0 Å². The first-order valence-electron chi connectivity index (χ1n) is 6.24. The molecular weight excluding hydrogens is 228 g/mol. The van der Waals surface area contributed by atoms with E-state index in [4.69, 9.17) is 9.47 Å². The number of aldehydes is 1. The van der Waals surface area contributed by atoms with Gasteiger partial charge in [0, 0.05) is 6.07 Å². The van der Waals surface area contributed by atoms with Crippen LogP contribution in [-0.4, -0.2) is 19.5 Å². The zero-order chi connectivity index (χ0) is 13.2. The van der Waals surface area contributed by atoms with Crippen molar-refractivity contribution in [1.29, 1.82) is 0 Å². The Bertz CT molecular complexity index is 396. The zero-order valence-electron chi connectivity index (χ0n) is 11.0. The number of rotatable bonds is 8. The van der Waals surface area contributed by atoms with Crippen molar-refractivity contribution in [3.8, 4) is 11.5 Å². The van der Waals surface area contributed by atoms with Gasteiger partial charge in [0.05, 0.1) is 6.61 Å². The largest absolute Gasteiger partial charge is 0.493 e. The first kappa shape index (κ1) is 14.3. The second-order valence-corrected chi connectivity index (χ2v) is 4.05. The smallest absolute Gasteiger partial charge is 0.145 e. The van der Waals surface area contributed by atoms with Gasteiger partial charge in [-0.3, -0.25) is 4.79 Å². The summed E-state index contributed by atoms with van der Waals surface area (Å²) in [5.41, 5.74) is 0.672. The highest BCUT2D eigenvalue weighted by molar-refractivity contribution is 5.71. The molecule has 1 aromatic carbocycles. The fourth-order valence-corrected chi connectivity index (χ4v) is 1.31. The molecule has 0 unspecified atom stereocenters. The van der Waals surface area contributed by atoms with Gasteiger partial charge in [-0.2, -0.15) is 0 Å². The minimum absolute atomic E-state index is 0.392. The lowest BCUT2D eigenvalue weighted by Crippen LogP contribution is -1.98. The summed E-state index contributed by atoms with van der Waals surface area (Å²) in [5.74, 6) is 1.57. The van der Waals surface area contributed by atoms with E-state index in [1.807, 2.05) is 24.3 Å². The number of carbonyl (C=O) groups excluding carboxylic acids is 1. The lowest BCUT2D eigenvalue weighted by Gasteiger charge is -2.08. The SMILES string of the molecule is CCCCOc1cccc(OCC=C(C)C=O)c1. The molecule has 0 spiro atoms. The predicted molar refractivity (Wildman–Crippen MR) is 72.2 cm³/mol. The molecule has 0 aromatic heterocycles. The van der Waals surface area contributed by atoms with Crippen LogP contribution in [0.15, 0.2) is 35.9 Å². The van der Waals surface area contributed by atoms with Crippen molar-refractivity contribution in [3.63, 3.8) is 0 Å². The van der Waals surface area contributed by atoms with Gasteiger partial charge in [0.2, 0.25) is 0 Å². The van der Waals surface area contributed by atoms with Gasteiger partial charge in [0.15, 0.2) is 0 Å². The summed E-state index contributed by atoms with van der Waals surface area (Å²) >= 11 is 0. The molecule has 0 saturated carbocycles. The van der Waals surface area contributed by atoms with E-state index in [0.717, 1.165) is 37.2 Å². The predicted octanol–water partition coefficient (Wildman–Crippen LogP) is 3.39. The Morgan fingerprint density at radius 2 is 2.00 bits per heavy atom. The highest BCUT2D eigenvalue weighted by atomic mass is 16.5.